The van der Waals surface area contributed by atoms with Crippen LogP contribution in [-0.2, 0) is 0 Å². The third-order valence-corrected chi connectivity index (χ3v) is 5.39. The van der Waals surface area contributed by atoms with Crippen LogP contribution in [0.15, 0.2) is 65.8 Å². The van der Waals surface area contributed by atoms with Gasteiger partial charge >= 0.3 is 5.97 Å². The van der Waals surface area contributed by atoms with Crippen molar-refractivity contribution >= 4 is 40.7 Å². The zero-order chi connectivity index (χ0) is 24.5. The number of halogens is 1. The summed E-state index contributed by atoms with van der Waals surface area (Å²) in [5.74, 6) is 1.12. The Morgan fingerprint density at radius 3 is 2.09 bits per heavy atom. The molecule has 3 aromatic carbocycles. The normalized spacial score (nSPS) is 10.6. The Balaban J connectivity index is 1.74. The van der Waals surface area contributed by atoms with E-state index >= 15 is 0 Å². The Kier molecular flexibility index (Phi) is 8.86. The van der Waals surface area contributed by atoms with Crippen LogP contribution in [0.2, 0.25) is 0 Å². The molecule has 3 aromatic rings. The Hall–Kier alpha value is -3.60. The Bertz CT molecular complexity index is 1180. The van der Waals surface area contributed by atoms with Crippen molar-refractivity contribution in [2.45, 2.75) is 6.92 Å². The van der Waals surface area contributed by atoms with Gasteiger partial charge in [-0.2, -0.15) is 5.10 Å². The fourth-order valence-corrected chi connectivity index (χ4v) is 3.61. The SMILES string of the molecule is CCOc1cc(/C=N\NC(=O)c2ccc(OC)cc2)cc(I)c1OC(=O)c1ccc(OC)cc1. The van der Waals surface area contributed by atoms with Gasteiger partial charge in [-0.25, -0.2) is 10.2 Å². The number of methoxy groups -OCH3 is 2. The van der Waals surface area contributed by atoms with Crippen molar-refractivity contribution in [3.05, 3.63) is 80.9 Å². The summed E-state index contributed by atoms with van der Waals surface area (Å²) in [5, 5.41) is 4.02. The highest BCUT2D eigenvalue weighted by atomic mass is 127. The average Bonchev–Trinajstić information content (AvgIpc) is 2.86. The molecule has 0 saturated heterocycles. The van der Waals surface area contributed by atoms with Crippen LogP contribution in [0.3, 0.4) is 0 Å². The maximum Gasteiger partial charge on any atom is 0.343 e. The smallest absolute Gasteiger partial charge is 0.343 e. The molecule has 0 unspecified atom stereocenters. The largest absolute Gasteiger partial charge is 0.497 e. The quantitative estimate of drug-likeness (QED) is 0.131. The minimum absolute atomic E-state index is 0.308. The van der Waals surface area contributed by atoms with Gasteiger partial charge in [0.2, 0.25) is 0 Å². The first-order chi connectivity index (χ1) is 16.4. The minimum Gasteiger partial charge on any atom is -0.497 e. The lowest BCUT2D eigenvalue weighted by atomic mass is 10.2. The van der Waals surface area contributed by atoms with E-state index in [1.807, 2.05) is 6.92 Å². The van der Waals surface area contributed by atoms with Gasteiger partial charge < -0.3 is 18.9 Å². The highest BCUT2D eigenvalue weighted by Gasteiger charge is 2.17. The van der Waals surface area contributed by atoms with E-state index < -0.39 is 5.97 Å². The van der Waals surface area contributed by atoms with Gasteiger partial charge in [0, 0.05) is 5.56 Å². The number of amides is 1. The van der Waals surface area contributed by atoms with Crippen molar-refractivity contribution in [3.8, 4) is 23.0 Å². The molecule has 9 heteroatoms. The highest BCUT2D eigenvalue weighted by Crippen LogP contribution is 2.34. The van der Waals surface area contributed by atoms with Crippen molar-refractivity contribution in [3.63, 3.8) is 0 Å². The Morgan fingerprint density at radius 2 is 1.53 bits per heavy atom. The fraction of sp³-hybridized carbons (Fsp3) is 0.160. The van der Waals surface area contributed by atoms with Gasteiger partial charge in [-0.3, -0.25) is 4.79 Å². The zero-order valence-electron chi connectivity index (χ0n) is 18.8. The molecule has 1 amide bonds. The van der Waals surface area contributed by atoms with Crippen LogP contribution in [-0.4, -0.2) is 38.9 Å². The molecule has 0 spiro atoms. The van der Waals surface area contributed by atoms with Crippen molar-refractivity contribution in [2.24, 2.45) is 5.10 Å². The molecule has 8 nitrogen and oxygen atoms in total. The van der Waals surface area contributed by atoms with E-state index in [4.69, 9.17) is 18.9 Å². The molecule has 3 rings (SSSR count). The van der Waals surface area contributed by atoms with Crippen LogP contribution in [0.5, 0.6) is 23.0 Å². The van der Waals surface area contributed by atoms with Crippen LogP contribution in [0.1, 0.15) is 33.2 Å². The molecule has 0 saturated carbocycles. The van der Waals surface area contributed by atoms with Crippen LogP contribution in [0, 0.1) is 3.57 Å². The fourth-order valence-electron chi connectivity index (χ4n) is 2.88. The highest BCUT2D eigenvalue weighted by molar-refractivity contribution is 14.1. The number of hydrogen-bond acceptors (Lipinski definition) is 7. The summed E-state index contributed by atoms with van der Waals surface area (Å²) >= 11 is 2.06. The number of carbonyl (C=O) groups excluding carboxylic acids is 2. The molecule has 1 N–H and O–H groups in total. The maximum absolute atomic E-state index is 12.6. The molecule has 0 atom stereocenters. The van der Waals surface area contributed by atoms with Gasteiger partial charge in [0.05, 0.1) is 36.2 Å². The number of nitrogens with one attached hydrogen (secondary N) is 1. The summed E-state index contributed by atoms with van der Waals surface area (Å²) in [4.78, 5) is 24.9. The van der Waals surface area contributed by atoms with E-state index in [0.29, 0.717) is 49.9 Å². The summed E-state index contributed by atoms with van der Waals surface area (Å²) < 4.78 is 22.2. The first-order valence-corrected chi connectivity index (χ1v) is 11.3. The van der Waals surface area contributed by atoms with Gasteiger partial charge in [0.15, 0.2) is 11.5 Å². The zero-order valence-corrected chi connectivity index (χ0v) is 21.0. The predicted molar refractivity (Wildman–Crippen MR) is 136 cm³/mol. The molecule has 0 radical (unpaired) electrons. The first kappa shape index (κ1) is 25.0. The van der Waals surface area contributed by atoms with Gasteiger partial charge in [-0.05, 0) is 95.7 Å². The Labute approximate surface area is 211 Å². The molecule has 0 heterocycles. The minimum atomic E-state index is -0.519. The number of esters is 1. The lowest BCUT2D eigenvalue weighted by Crippen LogP contribution is -2.17. The van der Waals surface area contributed by atoms with Crippen molar-refractivity contribution < 1.29 is 28.5 Å². The van der Waals surface area contributed by atoms with Crippen molar-refractivity contribution in [2.75, 3.05) is 20.8 Å². The molecule has 0 aromatic heterocycles. The average molecular weight is 574 g/mol. The summed E-state index contributed by atoms with van der Waals surface area (Å²) in [7, 11) is 3.11. The number of rotatable bonds is 9. The number of benzene rings is 3. The van der Waals surface area contributed by atoms with E-state index in [-0.39, 0.29) is 5.91 Å². The molecule has 34 heavy (non-hydrogen) atoms. The van der Waals surface area contributed by atoms with E-state index in [9.17, 15) is 9.59 Å². The maximum atomic E-state index is 12.6. The summed E-state index contributed by atoms with van der Waals surface area (Å²) in [5.41, 5.74) is 3.97. The second-order valence-electron chi connectivity index (χ2n) is 6.81. The van der Waals surface area contributed by atoms with E-state index in [2.05, 4.69) is 33.1 Å². The van der Waals surface area contributed by atoms with Gasteiger partial charge in [0.1, 0.15) is 11.5 Å². The molecule has 0 aliphatic heterocycles. The summed E-state index contributed by atoms with van der Waals surface area (Å²) in [6.45, 7) is 2.20. The van der Waals surface area contributed by atoms with E-state index in [0.717, 1.165) is 0 Å². The second-order valence-corrected chi connectivity index (χ2v) is 7.97. The molecular formula is C25H23IN2O6. The topological polar surface area (TPSA) is 95.5 Å². The van der Waals surface area contributed by atoms with Crippen LogP contribution < -0.4 is 24.4 Å². The first-order valence-electron chi connectivity index (χ1n) is 10.2. The number of hydrazone groups is 1. The lowest BCUT2D eigenvalue weighted by Gasteiger charge is -2.13. The predicted octanol–water partition coefficient (Wildman–Crippen LogP) is 4.69. The summed E-state index contributed by atoms with van der Waals surface area (Å²) in [6.07, 6.45) is 1.49. The number of nitrogens with zero attached hydrogens (tertiary/aromatic N) is 1. The molecular weight excluding hydrogens is 551 g/mol. The standard InChI is InChI=1S/C25H23IN2O6/c1-4-33-22-14-16(15-27-28-24(29)17-5-9-19(31-2)10-6-17)13-21(26)23(22)34-25(30)18-7-11-20(32-3)12-8-18/h5-15H,4H2,1-3H3,(H,28,29)/b27-15-. The Morgan fingerprint density at radius 1 is 0.941 bits per heavy atom. The number of ether oxygens (including phenoxy) is 4. The van der Waals surface area contributed by atoms with Crippen LogP contribution in [0.4, 0.5) is 0 Å². The van der Waals surface area contributed by atoms with Crippen LogP contribution in [0.25, 0.3) is 0 Å². The second kappa shape index (κ2) is 12.0. The summed E-state index contributed by atoms with van der Waals surface area (Å²) in [6, 6.07) is 16.8. The van der Waals surface area contributed by atoms with E-state index in [1.54, 1.807) is 74.9 Å². The van der Waals surface area contributed by atoms with Crippen molar-refractivity contribution in [1.82, 2.24) is 5.43 Å². The molecule has 0 bridgehead atoms. The lowest BCUT2D eigenvalue weighted by molar-refractivity contribution is 0.0726. The van der Waals surface area contributed by atoms with E-state index in [1.165, 1.54) is 6.21 Å². The van der Waals surface area contributed by atoms with Gasteiger partial charge in [-0.1, -0.05) is 0 Å². The van der Waals surface area contributed by atoms with Crippen LogP contribution >= 0.6 is 22.6 Å². The van der Waals surface area contributed by atoms with Crippen molar-refractivity contribution in [1.29, 1.82) is 0 Å². The third-order valence-electron chi connectivity index (χ3n) is 4.58. The van der Waals surface area contributed by atoms with Gasteiger partial charge in [-0.15, -0.1) is 0 Å². The number of carbonyl (C=O) groups is 2. The third kappa shape index (κ3) is 6.47. The molecule has 0 fully saturated rings. The van der Waals surface area contributed by atoms with Gasteiger partial charge in [0.25, 0.3) is 5.91 Å². The molecule has 176 valence electrons. The molecule has 0 aliphatic rings. The molecule has 0 aliphatic carbocycles. The number of hydrogen-bond donors (Lipinski definition) is 1. The monoisotopic (exact) mass is 574 g/mol.